The van der Waals surface area contributed by atoms with Crippen LogP contribution in [0.4, 0.5) is 0 Å². The van der Waals surface area contributed by atoms with Crippen LogP contribution in [0.3, 0.4) is 0 Å². The van der Waals surface area contributed by atoms with E-state index in [-0.39, 0.29) is 0 Å². The molecule has 2 aromatic heterocycles. The third kappa shape index (κ3) is 2.67. The molecule has 1 unspecified atom stereocenters. The molecule has 0 fully saturated rings. The van der Waals surface area contributed by atoms with Crippen molar-refractivity contribution in [2.24, 2.45) is 7.05 Å². The molecular weight excluding hydrogens is 256 g/mol. The standard InChI is InChI=1S/C13H16N2O3.C2H6/c1-7-9-5-6-15(3)12(9)14-8(2)10(7)11(16)13(17)18-4;1-2/h5-6,11,16H,1-4H3;1-2H3. The first-order valence-electron chi connectivity index (χ1n) is 6.65. The van der Waals surface area contributed by atoms with Crippen LogP contribution < -0.4 is 0 Å². The highest BCUT2D eigenvalue weighted by Gasteiger charge is 2.24. The molecule has 0 aliphatic heterocycles. The van der Waals surface area contributed by atoms with E-state index in [0.717, 1.165) is 16.6 Å². The smallest absolute Gasteiger partial charge is 0.339 e. The van der Waals surface area contributed by atoms with Crippen molar-refractivity contribution >= 4 is 17.0 Å². The first kappa shape index (κ1) is 16.2. The Hall–Kier alpha value is -1.88. The van der Waals surface area contributed by atoms with Crippen molar-refractivity contribution in [3.63, 3.8) is 0 Å². The Bertz CT molecular complexity index is 617. The quantitative estimate of drug-likeness (QED) is 0.857. The normalized spacial score (nSPS) is 11.8. The molecule has 0 radical (unpaired) electrons. The maximum Gasteiger partial charge on any atom is 0.339 e. The predicted molar refractivity (Wildman–Crippen MR) is 78.5 cm³/mol. The van der Waals surface area contributed by atoms with E-state index in [9.17, 15) is 9.90 Å². The minimum Gasteiger partial charge on any atom is -0.467 e. The number of rotatable bonds is 2. The average Bonchev–Trinajstić information content (AvgIpc) is 2.81. The number of hydrogen-bond acceptors (Lipinski definition) is 4. The van der Waals surface area contributed by atoms with Gasteiger partial charge in [-0.05, 0) is 25.5 Å². The van der Waals surface area contributed by atoms with Gasteiger partial charge in [-0.2, -0.15) is 0 Å². The number of carbonyl (C=O) groups is 1. The number of aryl methyl sites for hydroxylation is 3. The summed E-state index contributed by atoms with van der Waals surface area (Å²) >= 11 is 0. The summed E-state index contributed by atoms with van der Waals surface area (Å²) in [4.78, 5) is 15.9. The van der Waals surface area contributed by atoms with Gasteiger partial charge in [0.05, 0.1) is 7.11 Å². The molecule has 0 saturated carbocycles. The molecule has 0 aliphatic rings. The minimum absolute atomic E-state index is 0.528. The number of ether oxygens (including phenoxy) is 1. The van der Waals surface area contributed by atoms with E-state index < -0.39 is 12.1 Å². The fraction of sp³-hybridized carbons (Fsp3) is 0.467. The van der Waals surface area contributed by atoms with E-state index in [1.165, 1.54) is 7.11 Å². The number of aliphatic hydroxyl groups is 1. The summed E-state index contributed by atoms with van der Waals surface area (Å²) in [5.41, 5.74) is 2.86. The first-order valence-corrected chi connectivity index (χ1v) is 6.65. The number of aromatic nitrogens is 2. The molecule has 2 rings (SSSR count). The summed E-state index contributed by atoms with van der Waals surface area (Å²) in [6, 6.07) is 1.92. The molecule has 1 N–H and O–H groups in total. The summed E-state index contributed by atoms with van der Waals surface area (Å²) in [6.07, 6.45) is 0.616. The van der Waals surface area contributed by atoms with E-state index in [1.807, 2.05) is 44.6 Å². The second-order valence-corrected chi connectivity index (χ2v) is 4.33. The number of methoxy groups -OCH3 is 1. The Labute approximate surface area is 119 Å². The molecule has 5 nitrogen and oxygen atoms in total. The van der Waals surface area contributed by atoms with Crippen molar-refractivity contribution in [1.29, 1.82) is 0 Å². The molecule has 2 heterocycles. The summed E-state index contributed by atoms with van der Waals surface area (Å²) in [5.74, 6) is -0.668. The second-order valence-electron chi connectivity index (χ2n) is 4.33. The Balaban J connectivity index is 0.000000956. The number of aliphatic hydroxyl groups excluding tert-OH is 1. The van der Waals surface area contributed by atoms with Crippen LogP contribution in [0.2, 0.25) is 0 Å². The zero-order chi connectivity index (χ0) is 15.4. The van der Waals surface area contributed by atoms with Crippen LogP contribution in [-0.2, 0) is 16.6 Å². The minimum atomic E-state index is -1.29. The van der Waals surface area contributed by atoms with Crippen LogP contribution in [0.5, 0.6) is 0 Å². The van der Waals surface area contributed by atoms with Gasteiger partial charge in [-0.1, -0.05) is 13.8 Å². The van der Waals surface area contributed by atoms with E-state index in [1.54, 1.807) is 6.92 Å². The lowest BCUT2D eigenvalue weighted by molar-refractivity contribution is -0.150. The van der Waals surface area contributed by atoms with Gasteiger partial charge in [-0.15, -0.1) is 0 Å². The maximum atomic E-state index is 11.5. The van der Waals surface area contributed by atoms with Crippen LogP contribution in [0.25, 0.3) is 11.0 Å². The van der Waals surface area contributed by atoms with Crippen molar-refractivity contribution in [2.45, 2.75) is 33.8 Å². The van der Waals surface area contributed by atoms with Crippen LogP contribution in [-0.4, -0.2) is 27.7 Å². The zero-order valence-corrected chi connectivity index (χ0v) is 12.9. The second kappa shape index (κ2) is 6.52. The molecule has 0 aliphatic carbocycles. The van der Waals surface area contributed by atoms with Gasteiger partial charge in [0.2, 0.25) is 0 Å². The SMILES string of the molecule is CC.COC(=O)C(O)c1c(C)nc2c(ccn2C)c1C. The monoisotopic (exact) mass is 278 g/mol. The molecule has 1 atom stereocenters. The third-order valence-electron chi connectivity index (χ3n) is 3.21. The highest BCUT2D eigenvalue weighted by molar-refractivity contribution is 5.85. The topological polar surface area (TPSA) is 64.3 Å². The van der Waals surface area contributed by atoms with Crippen molar-refractivity contribution in [1.82, 2.24) is 9.55 Å². The highest BCUT2D eigenvalue weighted by Crippen LogP contribution is 2.28. The lowest BCUT2D eigenvalue weighted by atomic mass is 10.00. The maximum absolute atomic E-state index is 11.5. The number of nitrogens with zero attached hydrogens (tertiary/aromatic N) is 2. The fourth-order valence-electron chi connectivity index (χ4n) is 2.22. The van der Waals surface area contributed by atoms with E-state index in [2.05, 4.69) is 9.72 Å². The van der Waals surface area contributed by atoms with Crippen molar-refractivity contribution in [3.8, 4) is 0 Å². The van der Waals surface area contributed by atoms with Crippen LogP contribution in [0.1, 0.15) is 36.8 Å². The molecule has 20 heavy (non-hydrogen) atoms. The summed E-state index contributed by atoms with van der Waals surface area (Å²) < 4.78 is 6.48. The Morgan fingerprint density at radius 1 is 1.40 bits per heavy atom. The van der Waals surface area contributed by atoms with Crippen molar-refractivity contribution in [3.05, 3.63) is 29.1 Å². The molecule has 0 aromatic carbocycles. The number of hydrogen-bond donors (Lipinski definition) is 1. The van der Waals surface area contributed by atoms with Gasteiger partial charge in [-0.3, -0.25) is 0 Å². The fourth-order valence-corrected chi connectivity index (χ4v) is 2.22. The predicted octanol–water partition coefficient (Wildman–Crippen LogP) is 2.42. The van der Waals surface area contributed by atoms with Crippen LogP contribution in [0.15, 0.2) is 12.3 Å². The molecular formula is C15H22N2O3. The van der Waals surface area contributed by atoms with E-state index in [4.69, 9.17) is 0 Å². The Kier molecular flexibility index (Phi) is 5.27. The van der Waals surface area contributed by atoms with Crippen molar-refractivity contribution in [2.75, 3.05) is 7.11 Å². The average molecular weight is 278 g/mol. The highest BCUT2D eigenvalue weighted by atomic mass is 16.5. The van der Waals surface area contributed by atoms with Gasteiger partial charge in [0.1, 0.15) is 5.65 Å². The van der Waals surface area contributed by atoms with Gasteiger partial charge in [0.15, 0.2) is 6.10 Å². The summed E-state index contributed by atoms with van der Waals surface area (Å²) in [6.45, 7) is 7.65. The third-order valence-corrected chi connectivity index (χ3v) is 3.21. The van der Waals surface area contributed by atoms with Gasteiger partial charge in [0.25, 0.3) is 0 Å². The number of esters is 1. The van der Waals surface area contributed by atoms with E-state index >= 15 is 0 Å². The molecule has 5 heteroatoms. The number of pyridine rings is 1. The lowest BCUT2D eigenvalue weighted by Gasteiger charge is -2.15. The molecule has 0 saturated heterocycles. The van der Waals surface area contributed by atoms with Gasteiger partial charge < -0.3 is 14.4 Å². The number of fused-ring (bicyclic) bond motifs is 1. The Morgan fingerprint density at radius 3 is 2.55 bits per heavy atom. The number of carbonyl (C=O) groups excluding carboxylic acids is 1. The van der Waals surface area contributed by atoms with Crippen LogP contribution >= 0.6 is 0 Å². The van der Waals surface area contributed by atoms with Gasteiger partial charge in [0, 0.05) is 29.9 Å². The van der Waals surface area contributed by atoms with Crippen LogP contribution in [0, 0.1) is 13.8 Å². The van der Waals surface area contributed by atoms with Gasteiger partial charge >= 0.3 is 5.97 Å². The molecule has 0 bridgehead atoms. The zero-order valence-electron chi connectivity index (χ0n) is 12.9. The van der Waals surface area contributed by atoms with Gasteiger partial charge in [-0.25, -0.2) is 9.78 Å². The molecule has 0 spiro atoms. The van der Waals surface area contributed by atoms with Crippen molar-refractivity contribution < 1.29 is 14.6 Å². The summed E-state index contributed by atoms with van der Waals surface area (Å²) in [7, 11) is 3.16. The summed E-state index contributed by atoms with van der Waals surface area (Å²) in [5, 5.41) is 10.9. The molecule has 2 aromatic rings. The molecule has 110 valence electrons. The largest absolute Gasteiger partial charge is 0.467 e. The van der Waals surface area contributed by atoms with E-state index in [0.29, 0.717) is 11.3 Å². The molecule has 0 amide bonds. The Morgan fingerprint density at radius 2 is 2.00 bits per heavy atom. The lowest BCUT2D eigenvalue weighted by Crippen LogP contribution is -2.16. The first-order chi connectivity index (χ1) is 9.47.